The molecule has 0 aromatic heterocycles. The number of unbranched alkanes of at least 4 members (excludes halogenated alkanes) is 2. The first-order valence-corrected chi connectivity index (χ1v) is 11.3. The van der Waals surface area contributed by atoms with Crippen LogP contribution in [0.1, 0.15) is 37.3 Å². The summed E-state index contributed by atoms with van der Waals surface area (Å²) in [6.07, 6.45) is 3.73. The van der Waals surface area contributed by atoms with Crippen LogP contribution in [0.4, 0.5) is 0 Å². The molecule has 2 rings (SSSR count). The van der Waals surface area contributed by atoms with E-state index in [0.717, 1.165) is 28.9 Å². The topological polar surface area (TPSA) is 27.7 Å². The maximum Gasteiger partial charge on any atom is 0.118 e. The third-order valence-electron chi connectivity index (χ3n) is 3.60. The van der Waals surface area contributed by atoms with Gasteiger partial charge in [-0.2, -0.15) is 0 Å². The fourth-order valence-electron chi connectivity index (χ4n) is 2.01. The van der Waals surface area contributed by atoms with Crippen molar-refractivity contribution in [2.24, 2.45) is 0 Å². The molecule has 0 radical (unpaired) electrons. The van der Waals surface area contributed by atoms with Crippen molar-refractivity contribution in [1.82, 2.24) is 0 Å². The van der Waals surface area contributed by atoms with E-state index in [9.17, 15) is 0 Å². The summed E-state index contributed by atoms with van der Waals surface area (Å²) in [5.74, 6) is 4.21. The molecule has 0 aliphatic rings. The molecule has 0 N–H and O–H groups in total. The van der Waals surface area contributed by atoms with Gasteiger partial charge in [0, 0.05) is 41.5 Å². The van der Waals surface area contributed by atoms with Crippen molar-refractivity contribution < 1.29 is 13.1 Å². The van der Waals surface area contributed by atoms with Crippen molar-refractivity contribution in [2.75, 3.05) is 20.1 Å². The summed E-state index contributed by atoms with van der Waals surface area (Å²) in [6.45, 7) is 2.17. The number of ether oxygens (including phenoxy) is 2. The summed E-state index contributed by atoms with van der Waals surface area (Å²) in [5.41, 5.74) is 2.43. The summed E-state index contributed by atoms with van der Waals surface area (Å²) >= 11 is 8.27. The van der Waals surface area contributed by atoms with Gasteiger partial charge in [0.2, 0.25) is 0 Å². The Morgan fingerprint density at radius 2 is 1.19 bits per heavy atom. The van der Waals surface area contributed by atoms with E-state index in [4.69, 9.17) is 24.7 Å². The first kappa shape index (κ1) is 24.0. The van der Waals surface area contributed by atoms with Crippen molar-refractivity contribution in [3.63, 3.8) is 0 Å². The van der Waals surface area contributed by atoms with Crippen LogP contribution in [-0.2, 0) is 15.1 Å². The van der Waals surface area contributed by atoms with Gasteiger partial charge in [-0.1, -0.05) is 44.0 Å². The Kier molecular flexibility index (Phi) is 14.2. The average molecular weight is 429 g/mol. The zero-order valence-corrected chi connectivity index (χ0v) is 18.7. The lowest BCUT2D eigenvalue weighted by Gasteiger charge is -2.04. The fraction of sp³-hybridized carbons (Fsp3) is 0.429. The van der Waals surface area contributed by atoms with Gasteiger partial charge in [-0.25, -0.2) is 3.63 Å². The molecule has 0 unspecified atom stereocenters. The number of hydrogen-bond acceptors (Lipinski definition) is 5. The van der Waals surface area contributed by atoms with Gasteiger partial charge in [-0.05, 0) is 41.8 Å². The van der Waals surface area contributed by atoms with E-state index in [2.05, 4.69) is 6.92 Å². The molecule has 0 saturated carbocycles. The van der Waals surface area contributed by atoms with Gasteiger partial charge in [-0.15, -0.1) is 11.6 Å². The van der Waals surface area contributed by atoms with Crippen LogP contribution in [0.15, 0.2) is 48.5 Å². The van der Waals surface area contributed by atoms with Gasteiger partial charge >= 0.3 is 0 Å². The minimum absolute atomic E-state index is 0.819. The first-order valence-electron chi connectivity index (χ1n) is 8.96. The monoisotopic (exact) mass is 428 g/mol. The Morgan fingerprint density at radius 1 is 0.741 bits per heavy atom. The molecular weight excluding hydrogens is 400 g/mol. The largest absolute Gasteiger partial charge is 0.497 e. The molecule has 0 heterocycles. The highest BCUT2D eigenvalue weighted by molar-refractivity contribution is 8.07. The Balaban J connectivity index is 0.000000527. The Morgan fingerprint density at radius 3 is 1.48 bits per heavy atom. The highest BCUT2D eigenvalue weighted by atomic mass is 35.5. The standard InChI is InChI=1S/C16H18O3S2.C5H11Cl/c1-17-15-7-3-13(4-8-15)11-20-19-21-12-14-5-9-16(18-2)10-6-14;1-2-3-4-5-6/h3-10H,11-12H2,1-2H3;2-5H2,1H3. The molecule has 0 spiro atoms. The van der Waals surface area contributed by atoms with Gasteiger partial charge in [0.1, 0.15) is 11.5 Å². The van der Waals surface area contributed by atoms with E-state index in [1.807, 2.05) is 48.5 Å². The third kappa shape index (κ3) is 11.4. The Hall–Kier alpha value is -1.01. The van der Waals surface area contributed by atoms with E-state index in [1.165, 1.54) is 54.5 Å². The van der Waals surface area contributed by atoms with Gasteiger partial charge in [-0.3, -0.25) is 0 Å². The molecule has 0 bridgehead atoms. The lowest BCUT2D eigenvalue weighted by molar-refractivity contribution is 0.414. The number of benzene rings is 2. The molecule has 2 aromatic carbocycles. The molecule has 0 aliphatic heterocycles. The molecule has 27 heavy (non-hydrogen) atoms. The zero-order valence-electron chi connectivity index (χ0n) is 16.3. The second-order valence-corrected chi connectivity index (χ2v) is 7.66. The number of methoxy groups -OCH3 is 2. The van der Waals surface area contributed by atoms with Gasteiger partial charge < -0.3 is 9.47 Å². The van der Waals surface area contributed by atoms with E-state index in [-0.39, 0.29) is 0 Å². The molecule has 2 aromatic rings. The molecule has 0 saturated heterocycles. The molecule has 3 nitrogen and oxygen atoms in total. The van der Waals surface area contributed by atoms with E-state index in [1.54, 1.807) is 14.2 Å². The summed E-state index contributed by atoms with van der Waals surface area (Å²) in [4.78, 5) is 0. The highest BCUT2D eigenvalue weighted by Gasteiger charge is 1.99. The molecule has 0 aliphatic carbocycles. The maximum absolute atomic E-state index is 5.53. The minimum Gasteiger partial charge on any atom is -0.497 e. The van der Waals surface area contributed by atoms with Crippen molar-refractivity contribution in [1.29, 1.82) is 0 Å². The van der Waals surface area contributed by atoms with Gasteiger partial charge in [0.05, 0.1) is 14.2 Å². The van der Waals surface area contributed by atoms with Crippen molar-refractivity contribution >= 4 is 35.7 Å². The van der Waals surface area contributed by atoms with Crippen LogP contribution >= 0.6 is 35.7 Å². The average Bonchev–Trinajstić information content (AvgIpc) is 2.73. The Labute approximate surface area is 177 Å². The van der Waals surface area contributed by atoms with Crippen molar-refractivity contribution in [2.45, 2.75) is 37.7 Å². The van der Waals surface area contributed by atoms with Crippen LogP contribution in [-0.4, -0.2) is 20.1 Å². The van der Waals surface area contributed by atoms with Crippen molar-refractivity contribution in [3.05, 3.63) is 59.7 Å². The van der Waals surface area contributed by atoms with Crippen molar-refractivity contribution in [3.8, 4) is 11.5 Å². The second kappa shape index (κ2) is 16.0. The predicted octanol–water partition coefficient (Wildman–Crippen LogP) is 7.13. The van der Waals surface area contributed by atoms with Crippen LogP contribution in [0.25, 0.3) is 0 Å². The normalized spacial score (nSPS) is 10.1. The lowest BCUT2D eigenvalue weighted by Crippen LogP contribution is -1.85. The molecule has 0 fully saturated rings. The summed E-state index contributed by atoms with van der Waals surface area (Å²) in [5, 5.41) is 0. The summed E-state index contributed by atoms with van der Waals surface area (Å²) in [7, 11) is 3.34. The molecule has 150 valence electrons. The maximum atomic E-state index is 5.53. The van der Waals surface area contributed by atoms with E-state index < -0.39 is 0 Å². The molecular formula is C21H29ClO3S2. The smallest absolute Gasteiger partial charge is 0.118 e. The molecule has 6 heteroatoms. The van der Waals surface area contributed by atoms with Gasteiger partial charge in [0.15, 0.2) is 0 Å². The fourth-order valence-corrected chi connectivity index (χ4v) is 3.51. The summed E-state index contributed by atoms with van der Waals surface area (Å²) in [6, 6.07) is 16.0. The second-order valence-electron chi connectivity index (χ2n) is 5.68. The van der Waals surface area contributed by atoms with Crippen LogP contribution in [0.5, 0.6) is 11.5 Å². The van der Waals surface area contributed by atoms with Gasteiger partial charge in [0.25, 0.3) is 0 Å². The molecule has 0 amide bonds. The third-order valence-corrected chi connectivity index (χ3v) is 5.54. The SMILES string of the molecule is CCCCCCl.COc1ccc(CSOSCc2ccc(OC)cc2)cc1. The quantitative estimate of drug-likeness (QED) is 0.215. The zero-order chi connectivity index (χ0) is 19.7. The van der Waals surface area contributed by atoms with E-state index >= 15 is 0 Å². The van der Waals surface area contributed by atoms with Crippen LogP contribution in [0.3, 0.4) is 0 Å². The highest BCUT2D eigenvalue weighted by Crippen LogP contribution is 2.24. The number of halogens is 1. The number of alkyl halides is 1. The number of hydrogen-bond donors (Lipinski definition) is 0. The predicted molar refractivity (Wildman–Crippen MR) is 120 cm³/mol. The van der Waals surface area contributed by atoms with Crippen LogP contribution in [0, 0.1) is 0 Å². The Bertz CT molecular complexity index is 538. The van der Waals surface area contributed by atoms with Crippen LogP contribution in [0.2, 0.25) is 0 Å². The first-order chi connectivity index (χ1) is 13.2. The minimum atomic E-state index is 0.819. The lowest BCUT2D eigenvalue weighted by atomic mass is 10.2. The number of rotatable bonds is 11. The van der Waals surface area contributed by atoms with Crippen LogP contribution < -0.4 is 9.47 Å². The summed E-state index contributed by atoms with van der Waals surface area (Å²) < 4.78 is 15.8. The molecule has 0 atom stereocenters. The van der Waals surface area contributed by atoms with E-state index in [0.29, 0.717) is 0 Å².